The summed E-state index contributed by atoms with van der Waals surface area (Å²) < 4.78 is 11.7. The SMILES string of the molecule is C=C(N=C(N)COC1=CC=CCC=C1)c1ccc(OC2=C/CC=CC(C)(N/C(N)=N/[N+](=O)[O-])/C=C\2)cc1. The summed E-state index contributed by atoms with van der Waals surface area (Å²) in [5.74, 6) is 1.95. The second kappa shape index (κ2) is 12.7. The third kappa shape index (κ3) is 9.02. The van der Waals surface area contributed by atoms with E-state index in [4.69, 9.17) is 20.9 Å². The zero-order chi connectivity index (χ0) is 26.7. The minimum Gasteiger partial charge on any atom is -0.486 e. The highest BCUT2D eigenvalue weighted by atomic mass is 16.7. The van der Waals surface area contributed by atoms with E-state index in [0.29, 0.717) is 29.5 Å². The predicted octanol–water partition coefficient (Wildman–Crippen LogP) is 4.06. The van der Waals surface area contributed by atoms with Gasteiger partial charge in [-0.1, -0.05) is 43.0 Å². The van der Waals surface area contributed by atoms with Gasteiger partial charge in [0.1, 0.15) is 34.8 Å². The van der Waals surface area contributed by atoms with Crippen molar-refractivity contribution in [2.45, 2.75) is 25.3 Å². The number of guanidine groups is 1. The molecule has 0 spiro atoms. The van der Waals surface area contributed by atoms with Gasteiger partial charge < -0.3 is 26.3 Å². The number of aliphatic imine (C=N–C) groups is 1. The monoisotopic (exact) mass is 502 g/mol. The Hall–Kier alpha value is -4.86. The molecule has 0 saturated heterocycles. The lowest BCUT2D eigenvalue weighted by molar-refractivity contribution is -0.485. The summed E-state index contributed by atoms with van der Waals surface area (Å²) in [5, 5.41) is 15.6. The molecule has 10 nitrogen and oxygen atoms in total. The summed E-state index contributed by atoms with van der Waals surface area (Å²) in [6.07, 6.45) is 20.4. The van der Waals surface area contributed by atoms with Crippen molar-refractivity contribution in [3.63, 3.8) is 0 Å². The number of nitrogens with two attached hydrogens (primary N) is 2. The molecule has 0 amide bonds. The summed E-state index contributed by atoms with van der Waals surface area (Å²) in [5.41, 5.74) is 12.1. The lowest BCUT2D eigenvalue weighted by Crippen LogP contribution is -2.47. The highest BCUT2D eigenvalue weighted by Crippen LogP contribution is 2.22. The molecule has 1 aromatic carbocycles. The van der Waals surface area contributed by atoms with E-state index in [1.807, 2.05) is 67.7 Å². The molecule has 5 N–H and O–H groups in total. The fourth-order valence-electron chi connectivity index (χ4n) is 3.36. The Labute approximate surface area is 215 Å². The third-order valence-corrected chi connectivity index (χ3v) is 5.14. The van der Waals surface area contributed by atoms with Crippen LogP contribution in [0.25, 0.3) is 5.70 Å². The van der Waals surface area contributed by atoms with E-state index < -0.39 is 10.6 Å². The number of benzene rings is 1. The number of ether oxygens (including phenoxy) is 2. The first-order chi connectivity index (χ1) is 17.7. The van der Waals surface area contributed by atoms with Crippen LogP contribution in [0.4, 0.5) is 0 Å². The second-order valence-corrected chi connectivity index (χ2v) is 8.31. The van der Waals surface area contributed by atoms with Crippen LogP contribution in [0.1, 0.15) is 25.3 Å². The molecule has 0 bridgehead atoms. The maximum Gasteiger partial charge on any atom is 0.267 e. The molecular formula is C27H30N6O4. The van der Waals surface area contributed by atoms with Gasteiger partial charge in [0.2, 0.25) is 0 Å². The Kier molecular flexibility index (Phi) is 9.20. The molecule has 0 fully saturated rings. The van der Waals surface area contributed by atoms with E-state index in [1.165, 1.54) is 0 Å². The second-order valence-electron chi connectivity index (χ2n) is 8.31. The van der Waals surface area contributed by atoms with Gasteiger partial charge in [0.25, 0.3) is 5.96 Å². The number of rotatable bonds is 9. The highest BCUT2D eigenvalue weighted by Gasteiger charge is 2.20. The van der Waals surface area contributed by atoms with Crippen LogP contribution in [0.2, 0.25) is 0 Å². The van der Waals surface area contributed by atoms with Gasteiger partial charge in [0.05, 0.1) is 11.2 Å². The van der Waals surface area contributed by atoms with Gasteiger partial charge in [-0.15, -0.1) is 0 Å². The van der Waals surface area contributed by atoms with Crippen molar-refractivity contribution in [3.8, 4) is 5.75 Å². The number of allylic oxidation sites excluding steroid dienone is 8. The standard InChI is InChI=1S/C27H30N6O4/c1-20(30-25(28)19-36-22-9-5-3-4-6-10-22)21-12-14-24(15-13-21)37-23-11-7-8-17-27(2,18-16-23)31-26(29)32-33(34)35/h3,5-6,8-18H,1,4,7,19H2,2H3,(H2,28,30)(H3,29,31,32)/b17-8?,18-16-,23-11+. The van der Waals surface area contributed by atoms with Crippen LogP contribution in [0.15, 0.2) is 113 Å². The average molecular weight is 503 g/mol. The number of nitrogens with one attached hydrogen (secondary N) is 1. The van der Waals surface area contributed by atoms with Gasteiger partial charge in [0, 0.05) is 0 Å². The summed E-state index contributed by atoms with van der Waals surface area (Å²) in [4.78, 5) is 14.9. The van der Waals surface area contributed by atoms with Crippen molar-refractivity contribution < 1.29 is 14.5 Å². The Morgan fingerprint density at radius 3 is 2.68 bits per heavy atom. The van der Waals surface area contributed by atoms with Crippen molar-refractivity contribution in [3.05, 3.63) is 119 Å². The zero-order valence-electron chi connectivity index (χ0n) is 20.5. The zero-order valence-corrected chi connectivity index (χ0v) is 20.5. The van der Waals surface area contributed by atoms with Crippen molar-refractivity contribution >= 4 is 17.5 Å². The molecule has 0 heterocycles. The van der Waals surface area contributed by atoms with Crippen molar-refractivity contribution in [2.24, 2.45) is 21.6 Å². The van der Waals surface area contributed by atoms with E-state index in [-0.39, 0.29) is 12.6 Å². The number of hydrogen-bond donors (Lipinski definition) is 3. The van der Waals surface area contributed by atoms with Gasteiger partial charge >= 0.3 is 0 Å². The van der Waals surface area contributed by atoms with Crippen LogP contribution in [0.3, 0.4) is 0 Å². The van der Waals surface area contributed by atoms with Gasteiger partial charge in [-0.05, 0) is 73.9 Å². The predicted molar refractivity (Wildman–Crippen MR) is 146 cm³/mol. The van der Waals surface area contributed by atoms with Crippen LogP contribution < -0.4 is 21.5 Å². The summed E-state index contributed by atoms with van der Waals surface area (Å²) in [6, 6.07) is 7.28. The quantitative estimate of drug-likeness (QED) is 0.151. The molecule has 0 radical (unpaired) electrons. The van der Waals surface area contributed by atoms with Crippen molar-refractivity contribution in [2.75, 3.05) is 6.61 Å². The molecule has 0 saturated carbocycles. The Morgan fingerprint density at radius 1 is 1.14 bits per heavy atom. The Balaban J connectivity index is 1.60. The Bertz CT molecular complexity index is 1250. The molecule has 2 aliphatic carbocycles. The number of hydrazone groups is 1. The molecule has 192 valence electrons. The Morgan fingerprint density at radius 2 is 1.92 bits per heavy atom. The summed E-state index contributed by atoms with van der Waals surface area (Å²) in [6.45, 7) is 5.96. The fraction of sp³-hybridized carbons (Fsp3) is 0.185. The number of nitro groups is 1. The van der Waals surface area contributed by atoms with Crippen LogP contribution in [0.5, 0.6) is 5.75 Å². The first-order valence-corrected chi connectivity index (χ1v) is 11.5. The van der Waals surface area contributed by atoms with E-state index in [0.717, 1.165) is 17.7 Å². The molecule has 0 aromatic heterocycles. The van der Waals surface area contributed by atoms with Crippen LogP contribution in [-0.4, -0.2) is 29.0 Å². The molecule has 10 heteroatoms. The third-order valence-electron chi connectivity index (χ3n) is 5.14. The smallest absolute Gasteiger partial charge is 0.267 e. The molecule has 37 heavy (non-hydrogen) atoms. The van der Waals surface area contributed by atoms with Crippen molar-refractivity contribution in [1.29, 1.82) is 0 Å². The minimum atomic E-state index is -0.853. The maximum atomic E-state index is 10.6. The molecule has 1 atom stereocenters. The summed E-state index contributed by atoms with van der Waals surface area (Å²) in [7, 11) is 0. The highest BCUT2D eigenvalue weighted by molar-refractivity contribution is 5.87. The minimum absolute atomic E-state index is 0.149. The van der Waals surface area contributed by atoms with Crippen molar-refractivity contribution in [1.82, 2.24) is 5.32 Å². The average Bonchev–Trinajstić information content (AvgIpc) is 3.11. The van der Waals surface area contributed by atoms with Gasteiger partial charge in [-0.25, -0.2) is 15.1 Å². The lowest BCUT2D eigenvalue weighted by atomic mass is 9.98. The maximum absolute atomic E-state index is 10.6. The number of nitrogens with zero attached hydrogens (tertiary/aromatic N) is 3. The van der Waals surface area contributed by atoms with Gasteiger partial charge in [-0.2, -0.15) is 0 Å². The van der Waals surface area contributed by atoms with E-state index in [9.17, 15) is 10.1 Å². The summed E-state index contributed by atoms with van der Waals surface area (Å²) >= 11 is 0. The van der Waals surface area contributed by atoms with E-state index in [2.05, 4.69) is 22.0 Å². The fourth-order valence-corrected chi connectivity index (χ4v) is 3.36. The lowest BCUT2D eigenvalue weighted by Gasteiger charge is -2.24. The van der Waals surface area contributed by atoms with E-state index in [1.54, 1.807) is 24.3 Å². The first-order valence-electron chi connectivity index (χ1n) is 11.5. The topological polar surface area (TPSA) is 150 Å². The number of amidine groups is 1. The van der Waals surface area contributed by atoms with Crippen LogP contribution in [-0.2, 0) is 4.74 Å². The molecule has 1 unspecified atom stereocenters. The molecular weight excluding hydrogens is 472 g/mol. The van der Waals surface area contributed by atoms with Crippen LogP contribution in [0, 0.1) is 10.1 Å². The molecule has 3 rings (SSSR count). The van der Waals surface area contributed by atoms with Crippen LogP contribution >= 0.6 is 0 Å². The molecule has 0 aliphatic heterocycles. The van der Waals surface area contributed by atoms with Gasteiger partial charge in [0.15, 0.2) is 5.03 Å². The largest absolute Gasteiger partial charge is 0.486 e. The first kappa shape index (κ1) is 26.7. The van der Waals surface area contributed by atoms with E-state index >= 15 is 0 Å². The normalized spacial score (nSPS) is 22.0. The molecule has 2 aliphatic rings. The number of hydrogen-bond acceptors (Lipinski definition) is 5. The molecule has 1 aromatic rings. The van der Waals surface area contributed by atoms with Gasteiger partial charge in [-0.3, -0.25) is 0 Å².